The summed E-state index contributed by atoms with van der Waals surface area (Å²) < 4.78 is 0. The summed E-state index contributed by atoms with van der Waals surface area (Å²) >= 11 is 0. The lowest BCUT2D eigenvalue weighted by Crippen LogP contribution is -2.50. The molecule has 0 bridgehead atoms. The van der Waals surface area contributed by atoms with E-state index in [4.69, 9.17) is 0 Å². The molecule has 2 aliphatic heterocycles. The zero-order valence-corrected chi connectivity index (χ0v) is 12.6. The van der Waals surface area contributed by atoms with Crippen molar-refractivity contribution in [3.05, 3.63) is 23.9 Å². The Morgan fingerprint density at radius 1 is 1.21 bits per heavy atom. The van der Waals surface area contributed by atoms with Gasteiger partial charge in [-0.25, -0.2) is 4.98 Å². The van der Waals surface area contributed by atoms with Gasteiger partial charge in [-0.1, -0.05) is 26.3 Å². The summed E-state index contributed by atoms with van der Waals surface area (Å²) in [6, 6.07) is 4.30. The molecule has 1 unspecified atom stereocenters. The largest absolute Gasteiger partial charge is 0.355 e. The predicted molar refractivity (Wildman–Crippen MR) is 81.7 cm³/mol. The monoisotopic (exact) mass is 261 g/mol. The van der Waals surface area contributed by atoms with Crippen LogP contribution in [0.1, 0.15) is 45.1 Å². The van der Waals surface area contributed by atoms with E-state index in [-0.39, 0.29) is 0 Å². The number of piperidine rings is 1. The standard InChI is InChI=1S/C14H21N3.C2H6/c1-12-4-5-13(15-10-12)17-9-7-14(11-17)6-2-3-8-16-14;1-2/h4-5,10,16H,2-3,6-9,11H2,1H3;1-2H3. The summed E-state index contributed by atoms with van der Waals surface area (Å²) in [6.45, 7) is 9.55. The zero-order valence-electron chi connectivity index (χ0n) is 12.6. The molecular weight excluding hydrogens is 234 g/mol. The van der Waals surface area contributed by atoms with Crippen LogP contribution in [0.5, 0.6) is 0 Å². The smallest absolute Gasteiger partial charge is 0.128 e. The lowest BCUT2D eigenvalue weighted by Gasteiger charge is -2.34. The van der Waals surface area contributed by atoms with Crippen LogP contribution in [-0.4, -0.2) is 30.2 Å². The first-order chi connectivity index (χ1) is 9.27. The molecule has 106 valence electrons. The highest BCUT2D eigenvalue weighted by Crippen LogP contribution is 2.31. The van der Waals surface area contributed by atoms with Crippen molar-refractivity contribution in [1.29, 1.82) is 0 Å². The van der Waals surface area contributed by atoms with Crippen LogP contribution in [-0.2, 0) is 0 Å². The minimum Gasteiger partial charge on any atom is -0.355 e. The molecule has 3 heteroatoms. The van der Waals surface area contributed by atoms with Crippen LogP contribution in [0.25, 0.3) is 0 Å². The molecule has 19 heavy (non-hydrogen) atoms. The highest BCUT2D eigenvalue weighted by Gasteiger charge is 2.38. The number of aryl methyl sites for hydroxylation is 1. The number of rotatable bonds is 1. The van der Waals surface area contributed by atoms with Crippen molar-refractivity contribution in [3.63, 3.8) is 0 Å². The van der Waals surface area contributed by atoms with Gasteiger partial charge in [0.2, 0.25) is 0 Å². The van der Waals surface area contributed by atoms with E-state index >= 15 is 0 Å². The maximum atomic E-state index is 4.54. The molecular formula is C16H27N3. The molecule has 3 rings (SSSR count). The summed E-state index contributed by atoms with van der Waals surface area (Å²) in [6.07, 6.45) is 7.28. The Morgan fingerprint density at radius 2 is 2.05 bits per heavy atom. The Labute approximate surface area is 117 Å². The van der Waals surface area contributed by atoms with Gasteiger partial charge in [0.25, 0.3) is 0 Å². The van der Waals surface area contributed by atoms with E-state index in [1.807, 2.05) is 20.0 Å². The molecule has 2 aliphatic rings. The molecule has 1 N–H and O–H groups in total. The number of pyridine rings is 1. The fourth-order valence-electron chi connectivity index (χ4n) is 3.09. The second kappa shape index (κ2) is 6.38. The average molecular weight is 261 g/mol. The molecule has 1 spiro atoms. The van der Waals surface area contributed by atoms with Gasteiger partial charge in [0.15, 0.2) is 0 Å². The van der Waals surface area contributed by atoms with Crippen molar-refractivity contribution in [2.75, 3.05) is 24.5 Å². The Balaban J connectivity index is 0.000000637. The van der Waals surface area contributed by atoms with E-state index in [0.717, 1.165) is 18.9 Å². The summed E-state index contributed by atoms with van der Waals surface area (Å²) in [4.78, 5) is 6.96. The second-order valence-electron chi connectivity index (χ2n) is 5.53. The topological polar surface area (TPSA) is 28.2 Å². The van der Waals surface area contributed by atoms with E-state index in [0.29, 0.717) is 5.54 Å². The highest BCUT2D eigenvalue weighted by molar-refractivity contribution is 5.41. The molecule has 1 aromatic heterocycles. The first kappa shape index (κ1) is 14.3. The van der Waals surface area contributed by atoms with Gasteiger partial charge in [-0.2, -0.15) is 0 Å². The zero-order chi connectivity index (χ0) is 13.7. The molecule has 0 aromatic carbocycles. The molecule has 3 heterocycles. The van der Waals surface area contributed by atoms with Gasteiger partial charge in [-0.3, -0.25) is 0 Å². The molecule has 3 nitrogen and oxygen atoms in total. The van der Waals surface area contributed by atoms with Crippen molar-refractivity contribution < 1.29 is 0 Å². The minimum atomic E-state index is 0.380. The van der Waals surface area contributed by atoms with Gasteiger partial charge >= 0.3 is 0 Å². The maximum absolute atomic E-state index is 4.54. The van der Waals surface area contributed by atoms with Crippen molar-refractivity contribution in [1.82, 2.24) is 10.3 Å². The SMILES string of the molecule is CC.Cc1ccc(N2CCC3(CCCCN3)C2)nc1. The third-order valence-electron chi connectivity index (χ3n) is 4.16. The highest BCUT2D eigenvalue weighted by atomic mass is 15.2. The van der Waals surface area contributed by atoms with E-state index in [1.165, 1.54) is 37.8 Å². The third-order valence-corrected chi connectivity index (χ3v) is 4.16. The summed E-state index contributed by atoms with van der Waals surface area (Å²) in [5, 5.41) is 3.74. The number of nitrogens with one attached hydrogen (secondary N) is 1. The number of hydrogen-bond donors (Lipinski definition) is 1. The Morgan fingerprint density at radius 3 is 2.68 bits per heavy atom. The van der Waals surface area contributed by atoms with Crippen LogP contribution in [0.3, 0.4) is 0 Å². The van der Waals surface area contributed by atoms with Crippen molar-refractivity contribution in [2.45, 2.75) is 52.0 Å². The second-order valence-corrected chi connectivity index (χ2v) is 5.53. The van der Waals surface area contributed by atoms with Gasteiger partial charge in [-0.05, 0) is 44.4 Å². The number of hydrogen-bond acceptors (Lipinski definition) is 3. The van der Waals surface area contributed by atoms with Crippen LogP contribution < -0.4 is 10.2 Å². The summed E-state index contributed by atoms with van der Waals surface area (Å²) in [5.74, 6) is 1.14. The van der Waals surface area contributed by atoms with Crippen LogP contribution in [0.2, 0.25) is 0 Å². The maximum Gasteiger partial charge on any atom is 0.128 e. The third kappa shape index (κ3) is 3.27. The molecule has 0 aliphatic carbocycles. The van der Waals surface area contributed by atoms with Gasteiger partial charge in [0.05, 0.1) is 0 Å². The van der Waals surface area contributed by atoms with Gasteiger partial charge < -0.3 is 10.2 Å². The predicted octanol–water partition coefficient (Wildman–Crippen LogP) is 3.14. The molecule has 1 aromatic rings. The van der Waals surface area contributed by atoms with Crippen LogP contribution in [0, 0.1) is 6.92 Å². The van der Waals surface area contributed by atoms with Crippen LogP contribution in [0.15, 0.2) is 18.3 Å². The fourth-order valence-corrected chi connectivity index (χ4v) is 3.09. The van der Waals surface area contributed by atoms with Crippen LogP contribution in [0.4, 0.5) is 5.82 Å². The molecule has 2 saturated heterocycles. The van der Waals surface area contributed by atoms with Crippen molar-refractivity contribution in [3.8, 4) is 0 Å². The summed E-state index contributed by atoms with van der Waals surface area (Å²) in [7, 11) is 0. The first-order valence-corrected chi connectivity index (χ1v) is 7.70. The summed E-state index contributed by atoms with van der Waals surface area (Å²) in [5.41, 5.74) is 1.61. The molecule has 0 radical (unpaired) electrons. The lowest BCUT2D eigenvalue weighted by molar-refractivity contribution is 0.280. The number of anilines is 1. The van der Waals surface area contributed by atoms with Crippen molar-refractivity contribution >= 4 is 5.82 Å². The minimum absolute atomic E-state index is 0.380. The quantitative estimate of drug-likeness (QED) is 0.842. The van der Waals surface area contributed by atoms with E-state index < -0.39 is 0 Å². The first-order valence-electron chi connectivity index (χ1n) is 7.70. The number of nitrogens with zero attached hydrogens (tertiary/aromatic N) is 2. The molecule has 0 saturated carbocycles. The van der Waals surface area contributed by atoms with Crippen molar-refractivity contribution in [2.24, 2.45) is 0 Å². The van der Waals surface area contributed by atoms with Gasteiger partial charge in [0.1, 0.15) is 5.82 Å². The Hall–Kier alpha value is -1.09. The van der Waals surface area contributed by atoms with E-state index in [2.05, 4.69) is 34.3 Å². The molecule has 0 amide bonds. The van der Waals surface area contributed by atoms with E-state index in [1.54, 1.807) is 0 Å². The van der Waals surface area contributed by atoms with Gasteiger partial charge in [0, 0.05) is 24.8 Å². The molecule has 2 fully saturated rings. The Kier molecular flexibility index (Phi) is 4.81. The normalized spacial score (nSPS) is 26.2. The van der Waals surface area contributed by atoms with Crippen LogP contribution >= 0.6 is 0 Å². The van der Waals surface area contributed by atoms with Gasteiger partial charge in [-0.15, -0.1) is 0 Å². The average Bonchev–Trinajstić information content (AvgIpc) is 2.86. The van der Waals surface area contributed by atoms with E-state index in [9.17, 15) is 0 Å². The molecule has 1 atom stereocenters. The number of aromatic nitrogens is 1. The lowest BCUT2D eigenvalue weighted by atomic mass is 9.88. The Bertz CT molecular complexity index is 379. The fraction of sp³-hybridized carbons (Fsp3) is 0.688.